The highest BCUT2D eigenvalue weighted by Crippen LogP contribution is 2.19. The molecule has 0 saturated carbocycles. The van der Waals surface area contributed by atoms with Gasteiger partial charge in [-0.2, -0.15) is 5.10 Å². The fraction of sp³-hybridized carbons (Fsp3) is 0.263. The Bertz CT molecular complexity index is 874. The highest BCUT2D eigenvalue weighted by Gasteiger charge is 2.08. The number of nitrogens with zero attached hydrogens (tertiary/aromatic N) is 4. The Balaban J connectivity index is 1.57. The summed E-state index contributed by atoms with van der Waals surface area (Å²) in [5.41, 5.74) is 3.25. The van der Waals surface area contributed by atoms with E-state index >= 15 is 0 Å². The molecule has 134 valence electrons. The molecule has 3 rings (SSSR count). The van der Waals surface area contributed by atoms with E-state index in [9.17, 15) is 4.79 Å². The van der Waals surface area contributed by atoms with Gasteiger partial charge in [-0.1, -0.05) is 12.1 Å². The fourth-order valence-electron chi connectivity index (χ4n) is 2.54. The van der Waals surface area contributed by atoms with Crippen LogP contribution in [0.25, 0.3) is 11.3 Å². The number of amides is 1. The lowest BCUT2D eigenvalue weighted by atomic mass is 10.1. The largest absolute Gasteiger partial charge is 0.480 e. The standard InChI is InChI=1S/C19H21N5O2/c1-14-12-21-24(13-14)10-4-9-20-19(25)16-6-3-5-15(11-16)17-7-8-18(26-2)23-22-17/h3,5-8,11-13H,4,9-10H2,1-2H3,(H,20,25). The minimum Gasteiger partial charge on any atom is -0.480 e. The zero-order valence-corrected chi connectivity index (χ0v) is 14.8. The summed E-state index contributed by atoms with van der Waals surface area (Å²) in [5.74, 6) is 0.347. The predicted molar refractivity (Wildman–Crippen MR) is 97.9 cm³/mol. The zero-order chi connectivity index (χ0) is 18.4. The Kier molecular flexibility index (Phi) is 5.58. The smallest absolute Gasteiger partial charge is 0.251 e. The summed E-state index contributed by atoms with van der Waals surface area (Å²) < 4.78 is 6.89. The van der Waals surface area contributed by atoms with Crippen molar-refractivity contribution in [1.29, 1.82) is 0 Å². The number of carbonyl (C=O) groups is 1. The molecule has 0 aliphatic rings. The average Bonchev–Trinajstić information content (AvgIpc) is 3.10. The van der Waals surface area contributed by atoms with Crippen molar-refractivity contribution in [2.45, 2.75) is 19.9 Å². The average molecular weight is 351 g/mol. The third-order valence-corrected chi connectivity index (χ3v) is 3.88. The van der Waals surface area contributed by atoms with Crippen molar-refractivity contribution in [3.8, 4) is 17.1 Å². The molecule has 3 aromatic rings. The maximum Gasteiger partial charge on any atom is 0.251 e. The summed E-state index contributed by atoms with van der Waals surface area (Å²) in [5, 5.41) is 15.2. The van der Waals surface area contributed by atoms with Crippen LogP contribution in [0.4, 0.5) is 0 Å². The number of rotatable bonds is 7. The zero-order valence-electron chi connectivity index (χ0n) is 14.8. The van der Waals surface area contributed by atoms with Gasteiger partial charge in [-0.25, -0.2) is 0 Å². The van der Waals surface area contributed by atoms with Crippen molar-refractivity contribution >= 4 is 5.91 Å². The van der Waals surface area contributed by atoms with Crippen LogP contribution < -0.4 is 10.1 Å². The van der Waals surface area contributed by atoms with E-state index in [0.29, 0.717) is 23.7 Å². The van der Waals surface area contributed by atoms with Gasteiger partial charge in [-0.15, -0.1) is 10.2 Å². The molecule has 7 nitrogen and oxygen atoms in total. The molecule has 0 spiro atoms. The summed E-state index contributed by atoms with van der Waals surface area (Å²) >= 11 is 0. The molecule has 0 aliphatic heterocycles. The minimum absolute atomic E-state index is 0.107. The van der Waals surface area contributed by atoms with Gasteiger partial charge in [0.2, 0.25) is 5.88 Å². The number of ether oxygens (including phenoxy) is 1. The van der Waals surface area contributed by atoms with E-state index < -0.39 is 0 Å². The van der Waals surface area contributed by atoms with Crippen LogP contribution in [0.5, 0.6) is 5.88 Å². The number of aromatic nitrogens is 4. The Morgan fingerprint density at radius 2 is 2.12 bits per heavy atom. The number of carbonyl (C=O) groups excluding carboxylic acids is 1. The Hall–Kier alpha value is -3.22. The number of nitrogens with one attached hydrogen (secondary N) is 1. The lowest BCUT2D eigenvalue weighted by Gasteiger charge is -2.07. The van der Waals surface area contributed by atoms with Crippen LogP contribution in [0.15, 0.2) is 48.8 Å². The first-order chi connectivity index (χ1) is 12.7. The van der Waals surface area contributed by atoms with Gasteiger partial charge in [0.1, 0.15) is 0 Å². The number of methoxy groups -OCH3 is 1. The van der Waals surface area contributed by atoms with Gasteiger partial charge < -0.3 is 10.1 Å². The van der Waals surface area contributed by atoms with Gasteiger partial charge in [-0.05, 0) is 37.1 Å². The molecule has 7 heteroatoms. The molecular formula is C19H21N5O2. The number of hydrogen-bond donors (Lipinski definition) is 1. The number of aryl methyl sites for hydroxylation is 2. The van der Waals surface area contributed by atoms with E-state index in [1.807, 2.05) is 48.3 Å². The van der Waals surface area contributed by atoms with Crippen molar-refractivity contribution in [1.82, 2.24) is 25.3 Å². The molecule has 1 amide bonds. The van der Waals surface area contributed by atoms with Crippen LogP contribution >= 0.6 is 0 Å². The summed E-state index contributed by atoms with van der Waals surface area (Å²) in [6.45, 7) is 3.37. The first-order valence-corrected chi connectivity index (χ1v) is 8.41. The van der Waals surface area contributed by atoms with E-state index in [1.54, 1.807) is 19.2 Å². The van der Waals surface area contributed by atoms with Crippen molar-refractivity contribution < 1.29 is 9.53 Å². The summed E-state index contributed by atoms with van der Waals surface area (Å²) in [6, 6.07) is 10.9. The van der Waals surface area contributed by atoms with Gasteiger partial charge in [0.15, 0.2) is 0 Å². The van der Waals surface area contributed by atoms with E-state index in [1.165, 1.54) is 0 Å². The number of hydrogen-bond acceptors (Lipinski definition) is 5. The maximum absolute atomic E-state index is 12.4. The van der Waals surface area contributed by atoms with Crippen molar-refractivity contribution in [3.05, 3.63) is 59.9 Å². The first-order valence-electron chi connectivity index (χ1n) is 8.41. The Labute approximate surface area is 152 Å². The van der Waals surface area contributed by atoms with Crippen molar-refractivity contribution in [3.63, 3.8) is 0 Å². The second-order valence-electron chi connectivity index (χ2n) is 5.93. The highest BCUT2D eigenvalue weighted by atomic mass is 16.5. The molecule has 0 saturated heterocycles. The summed E-state index contributed by atoms with van der Waals surface area (Å²) in [6.07, 6.45) is 4.63. The molecule has 1 aromatic carbocycles. The first kappa shape index (κ1) is 17.6. The molecule has 0 bridgehead atoms. The van der Waals surface area contributed by atoms with Crippen LogP contribution in [0.1, 0.15) is 22.3 Å². The second kappa shape index (κ2) is 8.24. The maximum atomic E-state index is 12.4. The minimum atomic E-state index is -0.107. The highest BCUT2D eigenvalue weighted by molar-refractivity contribution is 5.95. The van der Waals surface area contributed by atoms with E-state index in [4.69, 9.17) is 4.74 Å². The van der Waals surface area contributed by atoms with Crippen LogP contribution in [0.2, 0.25) is 0 Å². The molecule has 0 radical (unpaired) electrons. The monoisotopic (exact) mass is 351 g/mol. The molecule has 0 atom stereocenters. The predicted octanol–water partition coefficient (Wildman–Crippen LogP) is 2.48. The van der Waals surface area contributed by atoms with Crippen molar-refractivity contribution in [2.75, 3.05) is 13.7 Å². The lowest BCUT2D eigenvalue weighted by Crippen LogP contribution is -2.25. The lowest BCUT2D eigenvalue weighted by molar-refractivity contribution is 0.0952. The molecule has 0 unspecified atom stereocenters. The Morgan fingerprint density at radius 1 is 1.23 bits per heavy atom. The van der Waals surface area contributed by atoms with Gasteiger partial charge in [0.05, 0.1) is 19.0 Å². The fourth-order valence-corrected chi connectivity index (χ4v) is 2.54. The quantitative estimate of drug-likeness (QED) is 0.661. The Morgan fingerprint density at radius 3 is 2.81 bits per heavy atom. The summed E-state index contributed by atoms with van der Waals surface area (Å²) in [4.78, 5) is 12.4. The molecule has 26 heavy (non-hydrogen) atoms. The molecule has 2 heterocycles. The number of benzene rings is 1. The normalized spacial score (nSPS) is 10.5. The van der Waals surface area contributed by atoms with Crippen LogP contribution in [-0.2, 0) is 6.54 Å². The van der Waals surface area contributed by atoms with Crippen LogP contribution in [-0.4, -0.2) is 39.5 Å². The summed E-state index contributed by atoms with van der Waals surface area (Å²) in [7, 11) is 1.54. The van der Waals surface area contributed by atoms with Gasteiger partial charge >= 0.3 is 0 Å². The second-order valence-corrected chi connectivity index (χ2v) is 5.93. The van der Waals surface area contributed by atoms with Crippen LogP contribution in [0.3, 0.4) is 0 Å². The molecular weight excluding hydrogens is 330 g/mol. The third kappa shape index (κ3) is 4.44. The van der Waals surface area contributed by atoms with Gasteiger partial charge in [-0.3, -0.25) is 9.48 Å². The molecule has 2 aromatic heterocycles. The van der Waals surface area contributed by atoms with Gasteiger partial charge in [0.25, 0.3) is 5.91 Å². The van der Waals surface area contributed by atoms with Gasteiger partial charge in [0, 0.05) is 36.5 Å². The molecule has 0 aliphatic carbocycles. The van der Waals surface area contributed by atoms with Crippen molar-refractivity contribution in [2.24, 2.45) is 0 Å². The van der Waals surface area contributed by atoms with E-state index in [2.05, 4.69) is 20.6 Å². The molecule has 1 N–H and O–H groups in total. The van der Waals surface area contributed by atoms with E-state index in [0.717, 1.165) is 24.1 Å². The van der Waals surface area contributed by atoms with Crippen LogP contribution in [0, 0.1) is 6.92 Å². The molecule has 0 fully saturated rings. The topological polar surface area (TPSA) is 81.9 Å². The SMILES string of the molecule is COc1ccc(-c2cccc(C(=O)NCCCn3cc(C)cn3)c2)nn1. The van der Waals surface area contributed by atoms with E-state index in [-0.39, 0.29) is 5.91 Å². The third-order valence-electron chi connectivity index (χ3n) is 3.88.